The van der Waals surface area contributed by atoms with E-state index in [1.165, 1.54) is 17.5 Å². The van der Waals surface area contributed by atoms with E-state index in [9.17, 15) is 0 Å². The Balaban J connectivity index is 1.62. The summed E-state index contributed by atoms with van der Waals surface area (Å²) in [5, 5.41) is 3.72. The summed E-state index contributed by atoms with van der Waals surface area (Å²) < 4.78 is 6.45. The molecule has 22 heavy (non-hydrogen) atoms. The highest BCUT2D eigenvalue weighted by molar-refractivity contribution is 5.27. The monoisotopic (exact) mass is 293 g/mol. The molecule has 2 heterocycles. The lowest BCUT2D eigenvalue weighted by atomic mass is 9.77. The molecule has 2 aromatic rings. The average molecular weight is 293 g/mol. The predicted octanol–water partition coefficient (Wildman–Crippen LogP) is 4.05. The summed E-state index contributed by atoms with van der Waals surface area (Å²) in [4.78, 5) is 0. The van der Waals surface area contributed by atoms with E-state index >= 15 is 0 Å². The number of hydrogen-bond acceptors (Lipinski definition) is 2. The lowest BCUT2D eigenvalue weighted by molar-refractivity contribution is -0.0484. The van der Waals surface area contributed by atoms with Crippen LogP contribution in [-0.4, -0.2) is 18.8 Å². The first-order valence-corrected chi connectivity index (χ1v) is 8.35. The molecule has 0 aromatic heterocycles. The van der Waals surface area contributed by atoms with Gasteiger partial charge in [-0.3, -0.25) is 0 Å². The standard InChI is InChI=1S/C20H23NO/c1-3-8-16(9-4-1)18-14-20(22-15-18)12-7-13-21-19(20)17-10-5-2-6-11-17/h1-6,8-11,18-19,21H,7,12-15H2/t18-,19+,20?/m1/s1. The second-order valence-corrected chi connectivity index (χ2v) is 6.59. The fourth-order valence-electron chi connectivity index (χ4n) is 4.15. The number of benzene rings is 2. The molecule has 0 aliphatic carbocycles. The number of hydrogen-bond donors (Lipinski definition) is 1. The van der Waals surface area contributed by atoms with Crippen molar-refractivity contribution >= 4 is 0 Å². The van der Waals surface area contributed by atoms with Crippen LogP contribution in [-0.2, 0) is 4.74 Å². The van der Waals surface area contributed by atoms with E-state index in [0.717, 1.165) is 26.0 Å². The first-order valence-electron chi connectivity index (χ1n) is 8.35. The third-order valence-corrected chi connectivity index (χ3v) is 5.22. The van der Waals surface area contributed by atoms with Crippen molar-refractivity contribution < 1.29 is 4.74 Å². The largest absolute Gasteiger partial charge is 0.372 e. The first-order chi connectivity index (χ1) is 10.9. The van der Waals surface area contributed by atoms with Gasteiger partial charge in [0, 0.05) is 5.92 Å². The fraction of sp³-hybridized carbons (Fsp3) is 0.400. The van der Waals surface area contributed by atoms with Crippen LogP contribution >= 0.6 is 0 Å². The van der Waals surface area contributed by atoms with Gasteiger partial charge >= 0.3 is 0 Å². The molecule has 4 rings (SSSR count). The molecule has 0 saturated carbocycles. The van der Waals surface area contributed by atoms with Crippen LogP contribution in [0.5, 0.6) is 0 Å². The minimum absolute atomic E-state index is 0.0416. The molecule has 114 valence electrons. The Labute approximate surface area is 132 Å². The average Bonchev–Trinajstić information content (AvgIpc) is 3.01. The molecule has 0 amide bonds. The molecule has 1 spiro atoms. The summed E-state index contributed by atoms with van der Waals surface area (Å²) in [6, 6.07) is 21.9. The fourth-order valence-corrected chi connectivity index (χ4v) is 4.15. The number of rotatable bonds is 2. The zero-order valence-corrected chi connectivity index (χ0v) is 12.9. The molecular weight excluding hydrogens is 270 g/mol. The van der Waals surface area contributed by atoms with E-state index in [1.807, 2.05) is 0 Å². The lowest BCUT2D eigenvalue weighted by Crippen LogP contribution is -2.48. The second kappa shape index (κ2) is 5.86. The third kappa shape index (κ3) is 2.47. The van der Waals surface area contributed by atoms with Gasteiger partial charge in [0.25, 0.3) is 0 Å². The van der Waals surface area contributed by atoms with Crippen LogP contribution in [0, 0.1) is 0 Å². The molecule has 0 bridgehead atoms. The predicted molar refractivity (Wildman–Crippen MR) is 88.9 cm³/mol. The van der Waals surface area contributed by atoms with Crippen LogP contribution in [0.4, 0.5) is 0 Å². The van der Waals surface area contributed by atoms with Crippen molar-refractivity contribution in [1.82, 2.24) is 5.32 Å². The topological polar surface area (TPSA) is 21.3 Å². The van der Waals surface area contributed by atoms with E-state index in [-0.39, 0.29) is 5.60 Å². The van der Waals surface area contributed by atoms with Gasteiger partial charge < -0.3 is 10.1 Å². The maximum absolute atomic E-state index is 6.45. The molecule has 2 aliphatic heterocycles. The van der Waals surface area contributed by atoms with Gasteiger partial charge in [-0.25, -0.2) is 0 Å². The number of nitrogens with one attached hydrogen (secondary N) is 1. The molecular formula is C20H23NO. The van der Waals surface area contributed by atoms with E-state index < -0.39 is 0 Å². The molecule has 0 radical (unpaired) electrons. The zero-order valence-electron chi connectivity index (χ0n) is 12.9. The van der Waals surface area contributed by atoms with Gasteiger partial charge in [-0.05, 0) is 36.9 Å². The quantitative estimate of drug-likeness (QED) is 0.902. The second-order valence-electron chi connectivity index (χ2n) is 6.59. The highest BCUT2D eigenvalue weighted by Crippen LogP contribution is 2.48. The third-order valence-electron chi connectivity index (χ3n) is 5.22. The minimum Gasteiger partial charge on any atom is -0.372 e. The van der Waals surface area contributed by atoms with Crippen molar-refractivity contribution in [2.24, 2.45) is 0 Å². The van der Waals surface area contributed by atoms with Gasteiger partial charge in [0.15, 0.2) is 0 Å². The molecule has 2 heteroatoms. The SMILES string of the molecule is c1ccc([C@H]2COC3(CCCN[C@H]3c3ccccc3)C2)cc1. The van der Waals surface area contributed by atoms with Gasteiger partial charge in [-0.2, -0.15) is 0 Å². The Morgan fingerprint density at radius 1 is 0.909 bits per heavy atom. The molecule has 2 saturated heterocycles. The summed E-state index contributed by atoms with van der Waals surface area (Å²) in [6.07, 6.45) is 3.47. The Morgan fingerprint density at radius 2 is 1.59 bits per heavy atom. The summed E-state index contributed by atoms with van der Waals surface area (Å²) in [6.45, 7) is 1.93. The maximum atomic E-state index is 6.45. The Hall–Kier alpha value is -1.64. The van der Waals surface area contributed by atoms with E-state index in [4.69, 9.17) is 4.74 Å². The zero-order chi connectivity index (χ0) is 14.8. The van der Waals surface area contributed by atoms with E-state index in [2.05, 4.69) is 66.0 Å². The van der Waals surface area contributed by atoms with Crippen LogP contribution < -0.4 is 5.32 Å². The Bertz CT molecular complexity index is 612. The summed E-state index contributed by atoms with van der Waals surface area (Å²) >= 11 is 0. The van der Waals surface area contributed by atoms with Crippen molar-refractivity contribution in [3.63, 3.8) is 0 Å². The highest BCUT2D eigenvalue weighted by atomic mass is 16.5. The number of ether oxygens (including phenoxy) is 1. The normalized spacial score (nSPS) is 31.5. The van der Waals surface area contributed by atoms with Gasteiger partial charge in [-0.15, -0.1) is 0 Å². The minimum atomic E-state index is -0.0416. The van der Waals surface area contributed by atoms with Crippen molar-refractivity contribution in [1.29, 1.82) is 0 Å². The Morgan fingerprint density at radius 3 is 2.32 bits per heavy atom. The maximum Gasteiger partial charge on any atom is 0.0883 e. The summed E-state index contributed by atoms with van der Waals surface area (Å²) in [5.74, 6) is 0.521. The molecule has 2 fully saturated rings. The van der Waals surface area contributed by atoms with Crippen molar-refractivity contribution in [2.45, 2.75) is 36.8 Å². The van der Waals surface area contributed by atoms with Crippen molar-refractivity contribution in [2.75, 3.05) is 13.2 Å². The molecule has 3 atom stereocenters. The highest BCUT2D eigenvalue weighted by Gasteiger charge is 2.48. The molecule has 1 unspecified atom stereocenters. The van der Waals surface area contributed by atoms with E-state index in [1.54, 1.807) is 0 Å². The smallest absolute Gasteiger partial charge is 0.0883 e. The van der Waals surface area contributed by atoms with Crippen LogP contribution in [0.15, 0.2) is 60.7 Å². The van der Waals surface area contributed by atoms with Crippen molar-refractivity contribution in [3.05, 3.63) is 71.8 Å². The summed E-state index contributed by atoms with van der Waals surface area (Å²) in [5.41, 5.74) is 2.73. The molecule has 2 aromatic carbocycles. The van der Waals surface area contributed by atoms with Crippen LogP contribution in [0.2, 0.25) is 0 Å². The van der Waals surface area contributed by atoms with Gasteiger partial charge in [0.1, 0.15) is 0 Å². The van der Waals surface area contributed by atoms with Crippen LogP contribution in [0.3, 0.4) is 0 Å². The van der Waals surface area contributed by atoms with Gasteiger partial charge in [0.05, 0.1) is 18.2 Å². The number of piperidine rings is 1. The van der Waals surface area contributed by atoms with Crippen LogP contribution in [0.25, 0.3) is 0 Å². The first kappa shape index (κ1) is 14.0. The van der Waals surface area contributed by atoms with Gasteiger partial charge in [-0.1, -0.05) is 60.7 Å². The lowest BCUT2D eigenvalue weighted by Gasteiger charge is -2.41. The Kier molecular flexibility index (Phi) is 3.73. The summed E-state index contributed by atoms with van der Waals surface area (Å²) in [7, 11) is 0. The van der Waals surface area contributed by atoms with Crippen molar-refractivity contribution in [3.8, 4) is 0 Å². The van der Waals surface area contributed by atoms with E-state index in [0.29, 0.717) is 12.0 Å². The molecule has 1 N–H and O–H groups in total. The molecule has 2 aliphatic rings. The van der Waals surface area contributed by atoms with Crippen LogP contribution in [0.1, 0.15) is 42.3 Å². The van der Waals surface area contributed by atoms with Gasteiger partial charge in [0.2, 0.25) is 0 Å². The molecule has 2 nitrogen and oxygen atoms in total.